The van der Waals surface area contributed by atoms with Gasteiger partial charge in [0.1, 0.15) is 0 Å². The van der Waals surface area contributed by atoms with E-state index in [-0.39, 0.29) is 33.7 Å². The zero-order valence-corrected chi connectivity index (χ0v) is 13.6. The summed E-state index contributed by atoms with van der Waals surface area (Å²) in [7, 11) is 0. The summed E-state index contributed by atoms with van der Waals surface area (Å²) in [6, 6.07) is 12.0. The van der Waals surface area contributed by atoms with Crippen molar-refractivity contribution < 1.29 is 17.6 Å². The molecular weight excluding hydrogens is 369 g/mol. The Hall–Kier alpha value is -3.00. The predicted molar refractivity (Wildman–Crippen MR) is 88.3 cm³/mol. The molecule has 0 aliphatic rings. The lowest BCUT2D eigenvalue weighted by molar-refractivity contribution is -0.137. The van der Waals surface area contributed by atoms with Gasteiger partial charge in [-0.25, -0.2) is 9.97 Å². The highest BCUT2D eigenvalue weighted by atomic mass is 35.5. The van der Waals surface area contributed by atoms with E-state index in [2.05, 4.69) is 20.2 Å². The number of nitrogens with zero attached hydrogens (tertiary/aromatic N) is 4. The second kappa shape index (κ2) is 6.06. The number of benzene rings is 2. The lowest BCUT2D eigenvalue weighted by Crippen LogP contribution is -2.05. The highest BCUT2D eigenvalue weighted by Gasteiger charge is 2.31. The van der Waals surface area contributed by atoms with Crippen LogP contribution in [0.4, 0.5) is 13.2 Å². The third-order valence-corrected chi connectivity index (χ3v) is 3.86. The second-order valence-corrected chi connectivity index (χ2v) is 5.70. The van der Waals surface area contributed by atoms with Crippen LogP contribution in [-0.4, -0.2) is 20.2 Å². The molecule has 0 radical (unpaired) electrons. The lowest BCUT2D eigenvalue weighted by atomic mass is 10.2. The van der Waals surface area contributed by atoms with Crippen LogP contribution in [0.15, 0.2) is 52.9 Å². The molecule has 0 saturated carbocycles. The van der Waals surface area contributed by atoms with E-state index in [4.69, 9.17) is 16.0 Å². The zero-order chi connectivity index (χ0) is 18.3. The maximum Gasteiger partial charge on any atom is 0.416 e. The number of hydrogen-bond acceptors (Lipinski definition) is 5. The Morgan fingerprint density at radius 3 is 2.31 bits per heavy atom. The van der Waals surface area contributed by atoms with E-state index in [1.54, 1.807) is 24.3 Å². The van der Waals surface area contributed by atoms with Crippen molar-refractivity contribution in [2.75, 3.05) is 0 Å². The highest BCUT2D eigenvalue weighted by Crippen LogP contribution is 2.33. The first-order valence-electron chi connectivity index (χ1n) is 7.35. The quantitative estimate of drug-likeness (QED) is 0.491. The second-order valence-electron chi connectivity index (χ2n) is 5.34. The van der Waals surface area contributed by atoms with Crippen LogP contribution in [0.1, 0.15) is 5.56 Å². The summed E-state index contributed by atoms with van der Waals surface area (Å²) in [6.45, 7) is 0. The fourth-order valence-corrected chi connectivity index (χ4v) is 2.58. The molecule has 26 heavy (non-hydrogen) atoms. The lowest BCUT2D eigenvalue weighted by Gasteiger charge is -2.08. The van der Waals surface area contributed by atoms with E-state index in [1.165, 1.54) is 6.07 Å². The molecule has 0 amide bonds. The van der Waals surface area contributed by atoms with Crippen molar-refractivity contribution in [2.24, 2.45) is 0 Å². The maximum absolute atomic E-state index is 12.9. The van der Waals surface area contributed by atoms with Crippen molar-refractivity contribution in [1.82, 2.24) is 20.2 Å². The van der Waals surface area contributed by atoms with Crippen LogP contribution in [-0.2, 0) is 6.18 Å². The molecule has 130 valence electrons. The van der Waals surface area contributed by atoms with Crippen molar-refractivity contribution in [2.45, 2.75) is 6.18 Å². The van der Waals surface area contributed by atoms with Crippen molar-refractivity contribution in [1.29, 1.82) is 0 Å². The Morgan fingerprint density at radius 2 is 1.58 bits per heavy atom. The van der Waals surface area contributed by atoms with Crippen LogP contribution >= 0.6 is 11.6 Å². The van der Waals surface area contributed by atoms with Gasteiger partial charge in [0.05, 0.1) is 16.6 Å². The van der Waals surface area contributed by atoms with Crippen LogP contribution in [0.2, 0.25) is 5.15 Å². The fraction of sp³-hybridized carbons (Fsp3) is 0.0588. The molecule has 0 spiro atoms. The van der Waals surface area contributed by atoms with E-state index in [0.29, 0.717) is 5.56 Å². The highest BCUT2D eigenvalue weighted by molar-refractivity contribution is 6.32. The summed E-state index contributed by atoms with van der Waals surface area (Å²) in [5.74, 6) is 0.211. The Kier molecular flexibility index (Phi) is 3.84. The van der Waals surface area contributed by atoms with Crippen molar-refractivity contribution in [3.63, 3.8) is 0 Å². The average Bonchev–Trinajstić information content (AvgIpc) is 3.10. The van der Waals surface area contributed by atoms with Gasteiger partial charge in [-0.3, -0.25) is 0 Å². The van der Waals surface area contributed by atoms with Gasteiger partial charge in [0.2, 0.25) is 5.89 Å². The van der Waals surface area contributed by atoms with Gasteiger partial charge in [-0.2, -0.15) is 13.2 Å². The zero-order valence-electron chi connectivity index (χ0n) is 12.8. The number of alkyl halides is 3. The first-order chi connectivity index (χ1) is 12.4. The van der Waals surface area contributed by atoms with E-state index in [1.807, 2.05) is 6.07 Å². The molecule has 4 aromatic rings. The van der Waals surface area contributed by atoms with Gasteiger partial charge in [-0.15, -0.1) is 10.2 Å². The molecule has 2 aromatic heterocycles. The summed E-state index contributed by atoms with van der Waals surface area (Å²) < 4.78 is 44.2. The molecule has 0 atom stereocenters. The molecule has 4 rings (SSSR count). The topological polar surface area (TPSA) is 64.7 Å². The number of hydrogen-bond donors (Lipinski definition) is 0. The maximum atomic E-state index is 12.9. The average molecular weight is 377 g/mol. The van der Waals surface area contributed by atoms with Crippen molar-refractivity contribution in [3.8, 4) is 23.0 Å². The summed E-state index contributed by atoms with van der Waals surface area (Å²) in [5, 5.41) is 7.75. The van der Waals surface area contributed by atoms with Crippen LogP contribution < -0.4 is 0 Å². The Labute approximate surface area is 149 Å². The summed E-state index contributed by atoms with van der Waals surface area (Å²) >= 11 is 6.10. The molecule has 0 bridgehead atoms. The number of halogens is 4. The predicted octanol–water partition coefficient (Wildman–Crippen LogP) is 5.02. The van der Waals surface area contributed by atoms with Crippen molar-refractivity contribution in [3.05, 3.63) is 59.2 Å². The molecule has 9 heteroatoms. The minimum atomic E-state index is -4.49. The first-order valence-corrected chi connectivity index (χ1v) is 7.73. The number of aromatic nitrogens is 4. The van der Waals surface area contributed by atoms with Gasteiger partial charge in [0.15, 0.2) is 10.8 Å². The molecule has 0 N–H and O–H groups in total. The molecular formula is C17H8ClF3N4O. The van der Waals surface area contributed by atoms with Gasteiger partial charge < -0.3 is 4.42 Å². The molecule has 0 fully saturated rings. The molecule has 2 aromatic carbocycles. The minimum absolute atomic E-state index is 0.0215. The molecule has 0 saturated heterocycles. The number of fused-ring (bicyclic) bond motifs is 1. The fourth-order valence-electron chi connectivity index (χ4n) is 2.36. The van der Waals surface area contributed by atoms with Crippen molar-refractivity contribution >= 4 is 22.6 Å². The van der Waals surface area contributed by atoms with E-state index in [9.17, 15) is 13.2 Å². The van der Waals surface area contributed by atoms with Gasteiger partial charge >= 0.3 is 6.18 Å². The Bertz CT molecular complexity index is 1100. The van der Waals surface area contributed by atoms with Gasteiger partial charge in [0, 0.05) is 5.56 Å². The normalized spacial score (nSPS) is 11.8. The van der Waals surface area contributed by atoms with Gasteiger partial charge in [-0.05, 0) is 30.3 Å². The minimum Gasteiger partial charge on any atom is -0.414 e. The summed E-state index contributed by atoms with van der Waals surface area (Å²) in [4.78, 5) is 8.20. The molecule has 2 heterocycles. The number of rotatable bonds is 2. The van der Waals surface area contributed by atoms with Gasteiger partial charge in [-0.1, -0.05) is 29.8 Å². The summed E-state index contributed by atoms with van der Waals surface area (Å²) in [6.07, 6.45) is -4.49. The standard InChI is InChI=1S/C17H8ClF3N4O/c18-14-13(16-25-24-15(26-16)9-4-2-1-3-5-9)22-12-8-10(17(19,20)21)6-7-11(12)23-14/h1-8H. The SMILES string of the molecule is FC(F)(F)c1ccc2nc(Cl)c(-c3nnc(-c4ccccc4)o3)nc2c1. The largest absolute Gasteiger partial charge is 0.416 e. The first kappa shape index (κ1) is 16.5. The Balaban J connectivity index is 1.81. The Morgan fingerprint density at radius 1 is 0.846 bits per heavy atom. The van der Waals surface area contributed by atoms with Crippen LogP contribution in [0.25, 0.3) is 34.1 Å². The van der Waals surface area contributed by atoms with E-state index < -0.39 is 11.7 Å². The van der Waals surface area contributed by atoms with Gasteiger partial charge in [0.25, 0.3) is 5.89 Å². The third kappa shape index (κ3) is 2.99. The van der Waals surface area contributed by atoms with E-state index in [0.717, 1.165) is 12.1 Å². The summed E-state index contributed by atoms with van der Waals surface area (Å²) in [5.41, 5.74) is 0.139. The smallest absolute Gasteiger partial charge is 0.414 e. The van der Waals surface area contributed by atoms with E-state index >= 15 is 0 Å². The molecule has 0 aliphatic carbocycles. The third-order valence-electron chi connectivity index (χ3n) is 3.60. The van der Waals surface area contributed by atoms with Crippen LogP contribution in [0.3, 0.4) is 0 Å². The van der Waals surface area contributed by atoms with Crippen LogP contribution in [0, 0.1) is 0 Å². The van der Waals surface area contributed by atoms with Crippen LogP contribution in [0.5, 0.6) is 0 Å². The molecule has 5 nitrogen and oxygen atoms in total. The molecule has 0 unspecified atom stereocenters. The monoisotopic (exact) mass is 376 g/mol. The molecule has 0 aliphatic heterocycles.